The number of halogens is 4. The third-order valence-electron chi connectivity index (χ3n) is 2.14. The molecule has 0 spiro atoms. The van der Waals surface area contributed by atoms with Gasteiger partial charge in [0, 0.05) is 12.1 Å². The standard InChI is InChI=1S/C12H6Cl4O3P/c13-9-3-1-7(5-11(9)15)18-20(17)19-8-2-4-10(14)12(16)6-8/h1-6H/q-1. The van der Waals surface area contributed by atoms with Crippen LogP contribution in [-0.4, -0.2) is 0 Å². The molecule has 0 aliphatic rings. The minimum atomic E-state index is -2.43. The zero-order chi connectivity index (χ0) is 14.7. The third kappa shape index (κ3) is 4.29. The average Bonchev–Trinajstić information content (AvgIpc) is 2.38. The third-order valence-corrected chi connectivity index (χ3v) is 4.34. The highest BCUT2D eigenvalue weighted by molar-refractivity contribution is 7.39. The lowest BCUT2D eigenvalue weighted by Gasteiger charge is -2.23. The molecule has 2 aromatic carbocycles. The second-order valence-corrected chi connectivity index (χ2v) is 6.00. The fourth-order valence-electron chi connectivity index (χ4n) is 1.26. The molecule has 3 nitrogen and oxygen atoms in total. The van der Waals surface area contributed by atoms with Gasteiger partial charge in [0.05, 0.1) is 20.1 Å². The summed E-state index contributed by atoms with van der Waals surface area (Å²) in [6.07, 6.45) is 0. The lowest BCUT2D eigenvalue weighted by molar-refractivity contribution is -0.189. The molecular weight excluding hydrogens is 365 g/mol. The van der Waals surface area contributed by atoms with Crippen molar-refractivity contribution in [3.8, 4) is 11.5 Å². The summed E-state index contributed by atoms with van der Waals surface area (Å²) in [6, 6.07) is 8.99. The Morgan fingerprint density at radius 1 is 0.700 bits per heavy atom. The SMILES string of the molecule is [O-]P(Oc1ccc(Cl)c(Cl)c1)Oc1ccc(Cl)c(Cl)c1. The maximum absolute atomic E-state index is 11.7. The van der Waals surface area contributed by atoms with E-state index in [0.29, 0.717) is 20.1 Å². The normalized spacial score (nSPS) is 10.7. The van der Waals surface area contributed by atoms with Gasteiger partial charge in [0.15, 0.2) is 0 Å². The predicted molar refractivity (Wildman–Crippen MR) is 81.1 cm³/mol. The van der Waals surface area contributed by atoms with Crippen molar-refractivity contribution in [1.82, 2.24) is 0 Å². The van der Waals surface area contributed by atoms with Crippen molar-refractivity contribution in [1.29, 1.82) is 0 Å². The molecule has 0 aliphatic heterocycles. The summed E-state index contributed by atoms with van der Waals surface area (Å²) < 4.78 is 10.2. The van der Waals surface area contributed by atoms with E-state index in [4.69, 9.17) is 55.5 Å². The van der Waals surface area contributed by atoms with Gasteiger partial charge in [0.1, 0.15) is 11.5 Å². The molecule has 0 heterocycles. The van der Waals surface area contributed by atoms with Crippen LogP contribution in [0.3, 0.4) is 0 Å². The summed E-state index contributed by atoms with van der Waals surface area (Å²) in [5, 5.41) is 1.34. The molecule has 0 radical (unpaired) electrons. The first kappa shape index (κ1) is 16.0. The Labute approximate surface area is 136 Å². The Bertz CT molecular complexity index is 570. The molecule has 0 atom stereocenters. The maximum Gasteiger partial charge on any atom is 0.210 e. The van der Waals surface area contributed by atoms with Gasteiger partial charge >= 0.3 is 0 Å². The van der Waals surface area contributed by atoms with Gasteiger partial charge in [0.2, 0.25) is 8.60 Å². The molecule has 0 saturated carbocycles. The van der Waals surface area contributed by atoms with E-state index in [1.54, 1.807) is 0 Å². The molecule has 0 amide bonds. The van der Waals surface area contributed by atoms with Gasteiger partial charge in [-0.3, -0.25) is 0 Å². The van der Waals surface area contributed by atoms with Crippen molar-refractivity contribution < 1.29 is 13.9 Å². The van der Waals surface area contributed by atoms with E-state index in [0.717, 1.165) is 0 Å². The smallest absolute Gasteiger partial charge is 0.210 e. The minimum Gasteiger partial charge on any atom is -0.765 e. The summed E-state index contributed by atoms with van der Waals surface area (Å²) in [7, 11) is -2.43. The zero-order valence-corrected chi connectivity index (χ0v) is 13.6. The molecule has 20 heavy (non-hydrogen) atoms. The molecule has 0 saturated heterocycles. The highest BCUT2D eigenvalue weighted by atomic mass is 35.5. The van der Waals surface area contributed by atoms with E-state index in [-0.39, 0.29) is 11.5 Å². The molecule has 8 heteroatoms. The molecule has 0 aromatic heterocycles. The molecule has 2 rings (SSSR count). The molecule has 0 fully saturated rings. The van der Waals surface area contributed by atoms with Crippen LogP contribution < -0.4 is 13.9 Å². The zero-order valence-electron chi connectivity index (χ0n) is 9.65. The van der Waals surface area contributed by atoms with Crippen LogP contribution >= 0.6 is 55.0 Å². The van der Waals surface area contributed by atoms with Crippen LogP contribution in [0.25, 0.3) is 0 Å². The fourth-order valence-corrected chi connectivity index (χ4v) is 2.44. The summed E-state index contributed by atoms with van der Waals surface area (Å²) in [5.41, 5.74) is 0. The maximum atomic E-state index is 11.7. The first-order chi connectivity index (χ1) is 9.45. The predicted octanol–water partition coefficient (Wildman–Crippen LogP) is 5.35. The van der Waals surface area contributed by atoms with Crippen LogP contribution in [0, 0.1) is 0 Å². The van der Waals surface area contributed by atoms with Crippen LogP contribution in [0.5, 0.6) is 11.5 Å². The van der Waals surface area contributed by atoms with Crippen molar-refractivity contribution in [2.24, 2.45) is 0 Å². The Morgan fingerprint density at radius 2 is 1.10 bits per heavy atom. The van der Waals surface area contributed by atoms with Crippen molar-refractivity contribution in [3.63, 3.8) is 0 Å². The van der Waals surface area contributed by atoms with Crippen LogP contribution in [0.2, 0.25) is 20.1 Å². The van der Waals surface area contributed by atoms with Crippen molar-refractivity contribution in [2.75, 3.05) is 0 Å². The largest absolute Gasteiger partial charge is 0.765 e. The first-order valence-corrected chi connectivity index (χ1v) is 7.80. The van der Waals surface area contributed by atoms with E-state index in [1.165, 1.54) is 36.4 Å². The molecule has 0 N–H and O–H groups in total. The highest BCUT2D eigenvalue weighted by Gasteiger charge is 2.06. The topological polar surface area (TPSA) is 41.5 Å². The highest BCUT2D eigenvalue weighted by Crippen LogP contribution is 2.37. The summed E-state index contributed by atoms with van der Waals surface area (Å²) in [6.45, 7) is 0. The monoisotopic (exact) mass is 369 g/mol. The van der Waals surface area contributed by atoms with Gasteiger partial charge in [-0.1, -0.05) is 46.4 Å². The van der Waals surface area contributed by atoms with E-state index < -0.39 is 8.60 Å². The average molecular weight is 371 g/mol. The second-order valence-electron chi connectivity index (χ2n) is 3.56. The molecule has 0 bridgehead atoms. The number of rotatable bonds is 4. The summed E-state index contributed by atoms with van der Waals surface area (Å²) in [5.74, 6) is 0.557. The summed E-state index contributed by atoms with van der Waals surface area (Å²) >= 11 is 23.2. The minimum absolute atomic E-state index is 0.278. The quantitative estimate of drug-likeness (QED) is 0.681. The number of hydrogen-bond acceptors (Lipinski definition) is 3. The molecule has 106 valence electrons. The van der Waals surface area contributed by atoms with Gasteiger partial charge in [-0.15, -0.1) is 0 Å². The first-order valence-electron chi connectivity index (χ1n) is 5.19. The van der Waals surface area contributed by atoms with Crippen LogP contribution in [-0.2, 0) is 0 Å². The molecule has 0 aliphatic carbocycles. The van der Waals surface area contributed by atoms with E-state index in [9.17, 15) is 4.89 Å². The van der Waals surface area contributed by atoms with E-state index in [1.807, 2.05) is 0 Å². The lowest BCUT2D eigenvalue weighted by atomic mass is 10.3. The van der Waals surface area contributed by atoms with E-state index >= 15 is 0 Å². The molecule has 2 aromatic rings. The van der Waals surface area contributed by atoms with Crippen LogP contribution in [0.15, 0.2) is 36.4 Å². The van der Waals surface area contributed by atoms with Crippen molar-refractivity contribution >= 4 is 55.0 Å². The Balaban J connectivity index is 2.02. The Hall–Kier alpha value is -0.410. The van der Waals surface area contributed by atoms with Crippen molar-refractivity contribution in [3.05, 3.63) is 56.5 Å². The number of benzene rings is 2. The van der Waals surface area contributed by atoms with Gasteiger partial charge in [-0.05, 0) is 24.3 Å². The van der Waals surface area contributed by atoms with E-state index in [2.05, 4.69) is 0 Å². The number of hydrogen-bond donors (Lipinski definition) is 0. The lowest BCUT2D eigenvalue weighted by Crippen LogP contribution is -2.07. The Morgan fingerprint density at radius 3 is 1.45 bits per heavy atom. The van der Waals surface area contributed by atoms with Gasteiger partial charge in [-0.2, -0.15) is 0 Å². The summed E-state index contributed by atoms with van der Waals surface area (Å²) in [4.78, 5) is 11.7. The van der Waals surface area contributed by atoms with Gasteiger partial charge < -0.3 is 13.9 Å². The van der Waals surface area contributed by atoms with Gasteiger partial charge in [-0.25, -0.2) is 0 Å². The second kappa shape index (κ2) is 7.04. The van der Waals surface area contributed by atoms with Crippen molar-refractivity contribution in [2.45, 2.75) is 0 Å². The van der Waals surface area contributed by atoms with Crippen LogP contribution in [0.1, 0.15) is 0 Å². The fraction of sp³-hybridized carbons (Fsp3) is 0. The van der Waals surface area contributed by atoms with Crippen LogP contribution in [0.4, 0.5) is 0 Å². The molecule has 0 unspecified atom stereocenters. The Kier molecular flexibility index (Phi) is 5.62. The van der Waals surface area contributed by atoms with Gasteiger partial charge in [0.25, 0.3) is 0 Å². The molecular formula is C12H6Cl4O3P-.